The van der Waals surface area contributed by atoms with Gasteiger partial charge in [-0.3, -0.25) is 14.6 Å². The first-order valence-electron chi connectivity index (χ1n) is 10.1. The van der Waals surface area contributed by atoms with E-state index in [4.69, 9.17) is 4.74 Å². The predicted octanol–water partition coefficient (Wildman–Crippen LogP) is 2.74. The average molecular weight is 435 g/mol. The van der Waals surface area contributed by atoms with Crippen molar-refractivity contribution < 1.29 is 18.7 Å². The van der Waals surface area contributed by atoms with Gasteiger partial charge in [0.05, 0.1) is 24.8 Å². The van der Waals surface area contributed by atoms with E-state index in [9.17, 15) is 14.0 Å². The van der Waals surface area contributed by atoms with Gasteiger partial charge in [-0.25, -0.2) is 9.37 Å². The Morgan fingerprint density at radius 1 is 1.40 bits per heavy atom. The average Bonchev–Trinajstić information content (AvgIpc) is 3.22. The number of nitrogens with one attached hydrogen (secondary N) is 1. The molecule has 2 atom stereocenters. The minimum Gasteiger partial charge on any atom is -0.369 e. The van der Waals surface area contributed by atoms with Crippen LogP contribution in [-0.4, -0.2) is 59.2 Å². The quantitative estimate of drug-likeness (QED) is 0.646. The van der Waals surface area contributed by atoms with Crippen LogP contribution in [0.1, 0.15) is 30.5 Å². The Balaban J connectivity index is 1.54. The van der Waals surface area contributed by atoms with Crippen LogP contribution >= 0.6 is 11.3 Å². The van der Waals surface area contributed by atoms with Gasteiger partial charge in [-0.05, 0) is 38.8 Å². The van der Waals surface area contributed by atoms with Crippen molar-refractivity contribution in [2.24, 2.45) is 5.92 Å². The molecule has 2 amide bonds. The van der Waals surface area contributed by atoms with Gasteiger partial charge in [-0.15, -0.1) is 11.3 Å². The molecule has 1 fully saturated rings. The highest BCUT2D eigenvalue weighted by molar-refractivity contribution is 7.09. The SMILES string of the molecule is Cc1ccc(-c2csc(CNC(=O)[C@H]3CCCN(C(=O)COCCF)[C@@H]3C)n2)cn1. The Kier molecular flexibility index (Phi) is 7.87. The lowest BCUT2D eigenvalue weighted by Gasteiger charge is -2.38. The topological polar surface area (TPSA) is 84.4 Å². The second kappa shape index (κ2) is 10.6. The van der Waals surface area contributed by atoms with Crippen LogP contribution in [0.4, 0.5) is 4.39 Å². The molecule has 0 radical (unpaired) electrons. The van der Waals surface area contributed by atoms with Crippen LogP contribution in [0.3, 0.4) is 0 Å². The first kappa shape index (κ1) is 22.3. The number of alkyl halides is 1. The smallest absolute Gasteiger partial charge is 0.248 e. The van der Waals surface area contributed by atoms with E-state index in [0.29, 0.717) is 13.1 Å². The standard InChI is InChI=1S/C21H27FN4O3S/c1-14-5-6-16(10-23-14)18-13-30-19(25-18)11-24-21(28)17-4-3-8-26(15(17)2)20(27)12-29-9-7-22/h5-6,10,13,15,17H,3-4,7-9,11-12H2,1-2H3,(H,24,28)/t15-,17+/m1/s1. The highest BCUT2D eigenvalue weighted by atomic mass is 32.1. The molecule has 0 aliphatic carbocycles. The number of thiazole rings is 1. The van der Waals surface area contributed by atoms with Gasteiger partial charge < -0.3 is 15.0 Å². The summed E-state index contributed by atoms with van der Waals surface area (Å²) in [7, 11) is 0. The van der Waals surface area contributed by atoms with Crippen molar-refractivity contribution in [2.45, 2.75) is 39.3 Å². The van der Waals surface area contributed by atoms with Crippen molar-refractivity contribution in [3.63, 3.8) is 0 Å². The fourth-order valence-corrected chi connectivity index (χ4v) is 4.32. The molecule has 162 valence electrons. The van der Waals surface area contributed by atoms with E-state index in [-0.39, 0.29) is 37.0 Å². The maximum Gasteiger partial charge on any atom is 0.248 e. The van der Waals surface area contributed by atoms with E-state index in [1.165, 1.54) is 11.3 Å². The molecule has 7 nitrogen and oxygen atoms in total. The number of piperidine rings is 1. The summed E-state index contributed by atoms with van der Waals surface area (Å²) < 4.78 is 17.2. The maximum atomic E-state index is 12.8. The number of aromatic nitrogens is 2. The van der Waals surface area contributed by atoms with Gasteiger partial charge in [-0.1, -0.05) is 0 Å². The number of amides is 2. The second-order valence-electron chi connectivity index (χ2n) is 7.35. The molecule has 9 heteroatoms. The number of aryl methyl sites for hydroxylation is 1. The van der Waals surface area contributed by atoms with Gasteiger partial charge in [-0.2, -0.15) is 0 Å². The third-order valence-electron chi connectivity index (χ3n) is 5.26. The third kappa shape index (κ3) is 5.60. The molecule has 30 heavy (non-hydrogen) atoms. The minimum atomic E-state index is -0.618. The fraction of sp³-hybridized carbons (Fsp3) is 0.524. The van der Waals surface area contributed by atoms with E-state index in [1.54, 1.807) is 11.1 Å². The van der Waals surface area contributed by atoms with Crippen LogP contribution in [0.15, 0.2) is 23.7 Å². The zero-order valence-corrected chi connectivity index (χ0v) is 18.1. The number of rotatable bonds is 8. The number of halogens is 1. The Hall–Kier alpha value is -2.39. The maximum absolute atomic E-state index is 12.8. The summed E-state index contributed by atoms with van der Waals surface area (Å²) in [5, 5.41) is 5.73. The number of nitrogens with zero attached hydrogens (tertiary/aromatic N) is 3. The Bertz CT molecular complexity index is 858. The van der Waals surface area contributed by atoms with Crippen molar-refractivity contribution in [2.75, 3.05) is 26.4 Å². The first-order chi connectivity index (χ1) is 14.5. The molecule has 2 aromatic rings. The van der Waals surface area contributed by atoms with E-state index in [1.807, 2.05) is 31.4 Å². The van der Waals surface area contributed by atoms with E-state index in [2.05, 4.69) is 15.3 Å². The summed E-state index contributed by atoms with van der Waals surface area (Å²) in [6.45, 7) is 3.88. The summed E-state index contributed by atoms with van der Waals surface area (Å²) in [5.74, 6) is -0.576. The van der Waals surface area contributed by atoms with Crippen molar-refractivity contribution >= 4 is 23.2 Å². The monoisotopic (exact) mass is 434 g/mol. The fourth-order valence-electron chi connectivity index (χ4n) is 3.58. The van der Waals surface area contributed by atoms with Crippen LogP contribution in [0, 0.1) is 12.8 Å². The zero-order valence-electron chi connectivity index (χ0n) is 17.3. The molecule has 2 aromatic heterocycles. The number of carbonyl (C=O) groups is 2. The van der Waals surface area contributed by atoms with Crippen LogP contribution in [-0.2, 0) is 20.9 Å². The van der Waals surface area contributed by atoms with Gasteiger partial charge >= 0.3 is 0 Å². The van der Waals surface area contributed by atoms with Crippen molar-refractivity contribution in [3.8, 4) is 11.3 Å². The van der Waals surface area contributed by atoms with Crippen LogP contribution in [0.5, 0.6) is 0 Å². The van der Waals surface area contributed by atoms with E-state index in [0.717, 1.165) is 34.8 Å². The number of carbonyl (C=O) groups excluding carboxylic acids is 2. The van der Waals surface area contributed by atoms with Gasteiger partial charge in [0.25, 0.3) is 0 Å². The molecule has 1 N–H and O–H groups in total. The molecule has 0 bridgehead atoms. The molecule has 0 unspecified atom stereocenters. The Morgan fingerprint density at radius 2 is 2.23 bits per heavy atom. The largest absolute Gasteiger partial charge is 0.369 e. The molecule has 1 aliphatic rings. The first-order valence-corrected chi connectivity index (χ1v) is 11.0. The molecule has 0 spiro atoms. The van der Waals surface area contributed by atoms with Gasteiger partial charge in [0, 0.05) is 35.4 Å². The second-order valence-corrected chi connectivity index (χ2v) is 8.29. The molecule has 0 saturated carbocycles. The third-order valence-corrected chi connectivity index (χ3v) is 6.11. The predicted molar refractivity (Wildman–Crippen MR) is 113 cm³/mol. The lowest BCUT2D eigenvalue weighted by molar-refractivity contribution is -0.143. The molecule has 1 aliphatic heterocycles. The molecule has 1 saturated heterocycles. The molecular formula is C21H27FN4O3S. The minimum absolute atomic E-state index is 0.0848. The van der Waals surface area contributed by atoms with Gasteiger partial charge in [0.2, 0.25) is 11.8 Å². The van der Waals surface area contributed by atoms with E-state index >= 15 is 0 Å². The highest BCUT2D eigenvalue weighted by Crippen LogP contribution is 2.25. The van der Waals surface area contributed by atoms with Crippen molar-refractivity contribution in [1.82, 2.24) is 20.2 Å². The van der Waals surface area contributed by atoms with Gasteiger partial charge in [0.15, 0.2) is 0 Å². The molecule has 0 aromatic carbocycles. The van der Waals surface area contributed by atoms with Crippen LogP contribution in [0.25, 0.3) is 11.3 Å². The highest BCUT2D eigenvalue weighted by Gasteiger charge is 2.35. The molecule has 3 rings (SSSR count). The Morgan fingerprint density at radius 3 is 2.97 bits per heavy atom. The summed E-state index contributed by atoms with van der Waals surface area (Å²) in [6, 6.07) is 3.69. The van der Waals surface area contributed by atoms with Crippen LogP contribution < -0.4 is 5.32 Å². The zero-order chi connectivity index (χ0) is 21.5. The lowest BCUT2D eigenvalue weighted by atomic mass is 9.89. The number of ether oxygens (including phenoxy) is 1. The summed E-state index contributed by atoms with van der Waals surface area (Å²) >= 11 is 1.49. The number of hydrogen-bond donors (Lipinski definition) is 1. The summed E-state index contributed by atoms with van der Waals surface area (Å²) in [4.78, 5) is 35.6. The number of hydrogen-bond acceptors (Lipinski definition) is 6. The van der Waals surface area contributed by atoms with Gasteiger partial charge in [0.1, 0.15) is 18.3 Å². The van der Waals surface area contributed by atoms with E-state index < -0.39 is 6.67 Å². The van der Waals surface area contributed by atoms with Crippen molar-refractivity contribution in [1.29, 1.82) is 0 Å². The lowest BCUT2D eigenvalue weighted by Crippen LogP contribution is -2.52. The summed E-state index contributed by atoms with van der Waals surface area (Å²) in [5.41, 5.74) is 2.73. The number of pyridine rings is 1. The molecular weight excluding hydrogens is 407 g/mol. The Labute approximate surface area is 179 Å². The number of likely N-dealkylation sites (tertiary alicyclic amines) is 1. The van der Waals surface area contributed by atoms with Crippen molar-refractivity contribution in [3.05, 3.63) is 34.4 Å². The summed E-state index contributed by atoms with van der Waals surface area (Å²) in [6.07, 6.45) is 3.26. The van der Waals surface area contributed by atoms with Crippen LogP contribution in [0.2, 0.25) is 0 Å². The molecule has 3 heterocycles. The normalized spacial score (nSPS) is 19.0.